The van der Waals surface area contributed by atoms with Crippen molar-refractivity contribution in [2.75, 3.05) is 0 Å². The molecule has 0 saturated carbocycles. The molecule has 0 amide bonds. The van der Waals surface area contributed by atoms with Crippen LogP contribution >= 0.6 is 0 Å². The van der Waals surface area contributed by atoms with Gasteiger partial charge >= 0.3 is 0 Å². The molecule has 0 aromatic carbocycles. The fourth-order valence-electron chi connectivity index (χ4n) is 2.81. The largest absolute Gasteiger partial charge is 0.348 e. The van der Waals surface area contributed by atoms with Crippen LogP contribution in [0.5, 0.6) is 0 Å². The van der Waals surface area contributed by atoms with Crippen LogP contribution in [0.1, 0.15) is 116 Å². The van der Waals surface area contributed by atoms with E-state index < -0.39 is 0 Å². The quantitative estimate of drug-likeness (QED) is 0.217. The van der Waals surface area contributed by atoms with Gasteiger partial charge in [0, 0.05) is 55.0 Å². The second-order valence-electron chi connectivity index (χ2n) is 10.6. The number of aromatic amines is 3. The van der Waals surface area contributed by atoms with Crippen molar-refractivity contribution in [3.8, 4) is 0 Å². The lowest BCUT2D eigenvalue weighted by molar-refractivity contribution is 0.532. The fraction of sp³-hybridized carbons (Fsp3) is 0.517. The van der Waals surface area contributed by atoms with E-state index in [1.54, 1.807) is 24.9 Å². The lowest BCUT2D eigenvalue weighted by atomic mass is 10.1. The highest BCUT2D eigenvalue weighted by Crippen LogP contribution is 2.10. The monoisotopic (exact) mass is 551 g/mol. The number of aromatic nitrogens is 11. The van der Waals surface area contributed by atoms with Crippen LogP contribution in [0.15, 0.2) is 68.3 Å². The van der Waals surface area contributed by atoms with Gasteiger partial charge in [0.05, 0.1) is 30.7 Å². The molecule has 11 nitrogen and oxygen atoms in total. The van der Waals surface area contributed by atoms with Crippen LogP contribution in [0.3, 0.4) is 0 Å². The van der Waals surface area contributed by atoms with E-state index in [2.05, 4.69) is 119 Å². The van der Waals surface area contributed by atoms with E-state index in [-0.39, 0.29) is 0 Å². The standard InChI is InChI=1S/4C6H10N2.C5H9N3/c1-5(2)6-3-7-4-8-6;1-5(2)6-3-7-8-4-6;1-6(2)8-4-3-7-5-8;1-6(2)8-5-3-4-7-8;1-4(2)5-3-6-8-7-5/h2*3-5H,1-2H3,(H,7,8);2*3-6H,1-2H3;3-4H,1-2H3,(H,6,7,8). The van der Waals surface area contributed by atoms with Crippen LogP contribution in [0, 0.1) is 0 Å². The van der Waals surface area contributed by atoms with E-state index in [1.165, 1.54) is 11.3 Å². The van der Waals surface area contributed by atoms with Crippen molar-refractivity contribution in [1.29, 1.82) is 0 Å². The number of hydrogen-bond acceptors (Lipinski definition) is 6. The third-order valence-corrected chi connectivity index (χ3v) is 5.53. The summed E-state index contributed by atoms with van der Waals surface area (Å²) in [6, 6.07) is 2.96. The van der Waals surface area contributed by atoms with Gasteiger partial charge in [-0.2, -0.15) is 25.6 Å². The summed E-state index contributed by atoms with van der Waals surface area (Å²) < 4.78 is 3.97. The average molecular weight is 552 g/mol. The van der Waals surface area contributed by atoms with Gasteiger partial charge in [0.1, 0.15) is 0 Å². The zero-order valence-corrected chi connectivity index (χ0v) is 25.8. The molecule has 0 aliphatic heterocycles. The molecule has 0 radical (unpaired) electrons. The maximum atomic E-state index is 4.03. The minimum absolute atomic E-state index is 0.480. The Bertz CT molecular complexity index is 931. The second-order valence-corrected chi connectivity index (χ2v) is 10.6. The Morgan fingerprint density at radius 3 is 1.73 bits per heavy atom. The highest BCUT2D eigenvalue weighted by atomic mass is 15.3. The Labute approximate surface area is 239 Å². The molecule has 5 heterocycles. The number of hydrogen-bond donors (Lipinski definition) is 3. The zero-order chi connectivity index (χ0) is 29.9. The van der Waals surface area contributed by atoms with Gasteiger partial charge in [-0.1, -0.05) is 41.5 Å². The molecule has 220 valence electrons. The van der Waals surface area contributed by atoms with Gasteiger partial charge in [-0.3, -0.25) is 9.78 Å². The molecule has 0 saturated heterocycles. The molecule has 0 unspecified atom stereocenters. The first-order valence-corrected chi connectivity index (χ1v) is 13.8. The molecule has 0 bridgehead atoms. The van der Waals surface area contributed by atoms with Crippen LogP contribution in [0.25, 0.3) is 0 Å². The summed E-state index contributed by atoms with van der Waals surface area (Å²) in [5.74, 6) is 1.64. The molecule has 11 heteroatoms. The van der Waals surface area contributed by atoms with Gasteiger partial charge < -0.3 is 9.55 Å². The van der Waals surface area contributed by atoms with E-state index in [1.807, 2.05) is 48.1 Å². The topological polar surface area (TPSA) is 135 Å². The molecular formula is C29H49N11. The molecule has 5 aromatic heterocycles. The summed E-state index contributed by atoms with van der Waals surface area (Å²) >= 11 is 0. The zero-order valence-electron chi connectivity index (χ0n) is 25.8. The molecule has 3 N–H and O–H groups in total. The Morgan fingerprint density at radius 1 is 0.725 bits per heavy atom. The number of nitrogens with zero attached hydrogens (tertiary/aromatic N) is 8. The van der Waals surface area contributed by atoms with E-state index in [0.29, 0.717) is 29.8 Å². The van der Waals surface area contributed by atoms with Crippen molar-refractivity contribution in [1.82, 2.24) is 54.9 Å². The van der Waals surface area contributed by atoms with Crippen molar-refractivity contribution in [2.45, 2.75) is 99.1 Å². The Hall–Kier alpha value is -4.02. The van der Waals surface area contributed by atoms with Gasteiger partial charge in [-0.05, 0) is 57.1 Å². The SMILES string of the molecule is CC(C)c1cn[nH]c1.CC(C)c1cn[nH]n1.CC(C)c1cnc[nH]1.CC(C)n1cccn1.CC(C)n1ccnc1. The highest BCUT2D eigenvalue weighted by molar-refractivity contribution is 5.07. The minimum atomic E-state index is 0.480. The van der Waals surface area contributed by atoms with Gasteiger partial charge in [0.25, 0.3) is 0 Å². The average Bonchev–Trinajstić information content (AvgIpc) is 3.74. The summed E-state index contributed by atoms with van der Waals surface area (Å²) in [6.07, 6.45) is 18.4. The van der Waals surface area contributed by atoms with E-state index >= 15 is 0 Å². The predicted octanol–water partition coefficient (Wildman–Crippen LogP) is 6.92. The number of imidazole rings is 2. The molecule has 0 fully saturated rings. The highest BCUT2D eigenvalue weighted by Gasteiger charge is 1.99. The van der Waals surface area contributed by atoms with Crippen LogP contribution in [-0.2, 0) is 0 Å². The lowest BCUT2D eigenvalue weighted by Crippen LogP contribution is -1.99. The third kappa shape index (κ3) is 14.2. The first-order chi connectivity index (χ1) is 19.0. The number of H-pyrrole nitrogens is 3. The number of rotatable bonds is 5. The van der Waals surface area contributed by atoms with Gasteiger partial charge in [0.15, 0.2) is 0 Å². The summed E-state index contributed by atoms with van der Waals surface area (Å²) in [5, 5.41) is 20.7. The Morgan fingerprint density at radius 2 is 1.48 bits per heavy atom. The van der Waals surface area contributed by atoms with E-state index in [9.17, 15) is 0 Å². The maximum absolute atomic E-state index is 4.03. The lowest BCUT2D eigenvalue weighted by Gasteiger charge is -2.02. The van der Waals surface area contributed by atoms with E-state index in [4.69, 9.17) is 0 Å². The molecule has 0 atom stereocenters. The third-order valence-electron chi connectivity index (χ3n) is 5.53. The second kappa shape index (κ2) is 19.1. The molecule has 5 aromatic rings. The summed E-state index contributed by atoms with van der Waals surface area (Å²) in [5.41, 5.74) is 3.49. The van der Waals surface area contributed by atoms with Crippen LogP contribution < -0.4 is 0 Å². The Kier molecular flexibility index (Phi) is 16.2. The van der Waals surface area contributed by atoms with Crippen LogP contribution in [-0.4, -0.2) is 54.9 Å². The van der Waals surface area contributed by atoms with Gasteiger partial charge in [-0.15, -0.1) is 0 Å². The fourth-order valence-corrected chi connectivity index (χ4v) is 2.81. The number of nitrogens with one attached hydrogen (secondary N) is 3. The molecule has 5 rings (SSSR count). The maximum Gasteiger partial charge on any atom is 0.0948 e. The summed E-state index contributed by atoms with van der Waals surface area (Å²) in [6.45, 7) is 21.2. The molecule has 0 aliphatic rings. The van der Waals surface area contributed by atoms with Crippen molar-refractivity contribution in [3.05, 3.63) is 85.2 Å². The van der Waals surface area contributed by atoms with Crippen LogP contribution in [0.4, 0.5) is 0 Å². The first-order valence-electron chi connectivity index (χ1n) is 13.8. The van der Waals surface area contributed by atoms with E-state index in [0.717, 1.165) is 5.69 Å². The van der Waals surface area contributed by atoms with Crippen molar-refractivity contribution >= 4 is 0 Å². The molecular weight excluding hydrogens is 502 g/mol. The summed E-state index contributed by atoms with van der Waals surface area (Å²) in [7, 11) is 0. The van der Waals surface area contributed by atoms with Crippen molar-refractivity contribution in [2.24, 2.45) is 0 Å². The van der Waals surface area contributed by atoms with Crippen molar-refractivity contribution in [3.63, 3.8) is 0 Å². The Balaban J connectivity index is 0.000000250. The molecule has 0 aliphatic carbocycles. The smallest absolute Gasteiger partial charge is 0.0948 e. The van der Waals surface area contributed by atoms with Gasteiger partial charge in [-0.25, -0.2) is 9.97 Å². The predicted molar refractivity (Wildman–Crippen MR) is 161 cm³/mol. The van der Waals surface area contributed by atoms with Crippen molar-refractivity contribution < 1.29 is 0 Å². The molecule has 40 heavy (non-hydrogen) atoms. The van der Waals surface area contributed by atoms with Crippen LogP contribution in [0.2, 0.25) is 0 Å². The summed E-state index contributed by atoms with van der Waals surface area (Å²) in [4.78, 5) is 10.8. The molecule has 0 spiro atoms. The normalized spacial score (nSPS) is 10.4. The minimum Gasteiger partial charge on any atom is -0.348 e. The van der Waals surface area contributed by atoms with Gasteiger partial charge in [0.2, 0.25) is 0 Å². The first kappa shape index (κ1) is 34.0.